The van der Waals surface area contributed by atoms with E-state index in [0.29, 0.717) is 11.5 Å². The second-order valence-electron chi connectivity index (χ2n) is 3.92. The Balaban J connectivity index is 2.49. The van der Waals surface area contributed by atoms with Crippen LogP contribution in [0.4, 0.5) is 11.5 Å². The van der Waals surface area contributed by atoms with E-state index >= 15 is 0 Å². The van der Waals surface area contributed by atoms with Gasteiger partial charge in [-0.05, 0) is 31.5 Å². The van der Waals surface area contributed by atoms with Crippen molar-refractivity contribution in [3.63, 3.8) is 0 Å². The maximum atomic E-state index is 9.09. The van der Waals surface area contributed by atoms with Crippen LogP contribution in [-0.4, -0.2) is 16.5 Å². The average Bonchev–Trinajstić information content (AvgIpc) is 2.40. The Bertz CT molecular complexity index is 586. The predicted molar refractivity (Wildman–Crippen MR) is 70.6 cm³/mol. The number of hydrogen-bond donors (Lipinski definition) is 0. The Morgan fingerprint density at radius 3 is 2.72 bits per heavy atom. The molecule has 0 aliphatic heterocycles. The van der Waals surface area contributed by atoms with Crippen molar-refractivity contribution >= 4 is 11.5 Å². The lowest BCUT2D eigenvalue weighted by atomic mass is 10.2. The SMILES string of the molecule is CCN(c1cccc(C)c1)c1nccnc1C#N. The zero-order valence-electron chi connectivity index (χ0n) is 10.5. The van der Waals surface area contributed by atoms with Crippen molar-refractivity contribution in [1.82, 2.24) is 9.97 Å². The van der Waals surface area contributed by atoms with Crippen molar-refractivity contribution in [2.45, 2.75) is 13.8 Å². The van der Waals surface area contributed by atoms with Gasteiger partial charge in [0.25, 0.3) is 0 Å². The summed E-state index contributed by atoms with van der Waals surface area (Å²) >= 11 is 0. The first-order chi connectivity index (χ1) is 8.76. The standard InChI is InChI=1S/C14H14N4/c1-3-18(12-6-4-5-11(2)9-12)14-13(10-15)16-7-8-17-14/h4-9H,3H2,1-2H3. The summed E-state index contributed by atoms with van der Waals surface area (Å²) in [7, 11) is 0. The Morgan fingerprint density at radius 1 is 1.28 bits per heavy atom. The molecule has 0 radical (unpaired) electrons. The van der Waals surface area contributed by atoms with E-state index in [9.17, 15) is 0 Å². The van der Waals surface area contributed by atoms with E-state index in [1.165, 1.54) is 11.8 Å². The summed E-state index contributed by atoms with van der Waals surface area (Å²) in [6.45, 7) is 4.80. The molecule has 18 heavy (non-hydrogen) atoms. The molecule has 2 rings (SSSR count). The molecule has 0 spiro atoms. The number of benzene rings is 1. The number of anilines is 2. The van der Waals surface area contributed by atoms with Gasteiger partial charge in [-0.15, -0.1) is 0 Å². The van der Waals surface area contributed by atoms with Gasteiger partial charge in [-0.3, -0.25) is 0 Å². The van der Waals surface area contributed by atoms with Gasteiger partial charge in [0.05, 0.1) is 0 Å². The lowest BCUT2D eigenvalue weighted by Gasteiger charge is -2.22. The maximum Gasteiger partial charge on any atom is 0.183 e. The first-order valence-electron chi connectivity index (χ1n) is 5.81. The van der Waals surface area contributed by atoms with E-state index < -0.39 is 0 Å². The lowest BCUT2D eigenvalue weighted by molar-refractivity contribution is 0.967. The van der Waals surface area contributed by atoms with E-state index in [1.807, 2.05) is 36.9 Å². The zero-order valence-corrected chi connectivity index (χ0v) is 10.5. The molecule has 0 aliphatic carbocycles. The Kier molecular flexibility index (Phi) is 3.54. The van der Waals surface area contributed by atoms with Crippen LogP contribution >= 0.6 is 0 Å². The van der Waals surface area contributed by atoms with Gasteiger partial charge in [0.15, 0.2) is 11.5 Å². The molecule has 0 aliphatic rings. The van der Waals surface area contributed by atoms with Crippen molar-refractivity contribution in [2.24, 2.45) is 0 Å². The molecule has 4 heteroatoms. The van der Waals surface area contributed by atoms with Crippen molar-refractivity contribution in [3.8, 4) is 6.07 Å². The minimum atomic E-state index is 0.348. The normalized spacial score (nSPS) is 9.83. The van der Waals surface area contributed by atoms with Crippen molar-refractivity contribution in [3.05, 3.63) is 47.9 Å². The van der Waals surface area contributed by atoms with Crippen molar-refractivity contribution in [2.75, 3.05) is 11.4 Å². The molecule has 0 saturated carbocycles. The minimum Gasteiger partial charge on any atom is -0.324 e. The van der Waals surface area contributed by atoms with Crippen LogP contribution in [0.15, 0.2) is 36.7 Å². The molecule has 4 nitrogen and oxygen atoms in total. The summed E-state index contributed by atoms with van der Waals surface area (Å²) in [4.78, 5) is 10.3. The third kappa shape index (κ3) is 2.30. The van der Waals surface area contributed by atoms with Crippen molar-refractivity contribution < 1.29 is 0 Å². The summed E-state index contributed by atoms with van der Waals surface area (Å²) in [6, 6.07) is 10.2. The molecule has 1 heterocycles. The van der Waals surface area contributed by atoms with Crippen LogP contribution < -0.4 is 4.90 Å². The number of nitriles is 1. The lowest BCUT2D eigenvalue weighted by Crippen LogP contribution is -2.19. The topological polar surface area (TPSA) is 52.8 Å². The highest BCUT2D eigenvalue weighted by molar-refractivity contribution is 5.64. The smallest absolute Gasteiger partial charge is 0.183 e. The molecule has 2 aromatic rings. The number of nitrogens with zero attached hydrogens (tertiary/aromatic N) is 4. The van der Waals surface area contributed by atoms with Crippen LogP contribution in [0.2, 0.25) is 0 Å². The summed E-state index contributed by atoms with van der Waals surface area (Å²) in [5.41, 5.74) is 2.55. The largest absolute Gasteiger partial charge is 0.324 e. The van der Waals surface area contributed by atoms with Crippen LogP contribution in [0.1, 0.15) is 18.2 Å². The molecule has 90 valence electrons. The Morgan fingerprint density at radius 2 is 2.06 bits per heavy atom. The molecule has 0 N–H and O–H groups in total. The highest BCUT2D eigenvalue weighted by atomic mass is 15.2. The molecular weight excluding hydrogens is 224 g/mol. The van der Waals surface area contributed by atoms with Crippen molar-refractivity contribution in [1.29, 1.82) is 5.26 Å². The monoisotopic (exact) mass is 238 g/mol. The molecule has 0 atom stereocenters. The van der Waals surface area contributed by atoms with Gasteiger partial charge in [-0.1, -0.05) is 12.1 Å². The van der Waals surface area contributed by atoms with Gasteiger partial charge in [-0.2, -0.15) is 5.26 Å². The fraction of sp³-hybridized carbons (Fsp3) is 0.214. The quantitative estimate of drug-likeness (QED) is 0.825. The molecule has 0 unspecified atom stereocenters. The zero-order chi connectivity index (χ0) is 13.0. The molecular formula is C14H14N4. The van der Waals surface area contributed by atoms with Crippen LogP contribution in [-0.2, 0) is 0 Å². The highest BCUT2D eigenvalue weighted by Gasteiger charge is 2.13. The molecule has 0 fully saturated rings. The number of rotatable bonds is 3. The number of aryl methyl sites for hydroxylation is 1. The second kappa shape index (κ2) is 5.28. The summed E-state index contributed by atoms with van der Waals surface area (Å²) < 4.78 is 0. The molecule has 1 aromatic heterocycles. The third-order valence-electron chi connectivity index (χ3n) is 2.67. The van der Waals surface area contributed by atoms with Crippen LogP contribution in [0.5, 0.6) is 0 Å². The van der Waals surface area contributed by atoms with E-state index in [4.69, 9.17) is 5.26 Å². The summed E-state index contributed by atoms with van der Waals surface area (Å²) in [6.07, 6.45) is 3.14. The van der Waals surface area contributed by atoms with E-state index in [0.717, 1.165) is 12.2 Å². The number of aromatic nitrogens is 2. The van der Waals surface area contributed by atoms with Gasteiger partial charge in [0.1, 0.15) is 6.07 Å². The van der Waals surface area contributed by atoms with Crippen LogP contribution in [0, 0.1) is 18.3 Å². The van der Waals surface area contributed by atoms with Gasteiger partial charge >= 0.3 is 0 Å². The van der Waals surface area contributed by atoms with Gasteiger partial charge in [0, 0.05) is 24.6 Å². The Hall–Kier alpha value is -2.41. The van der Waals surface area contributed by atoms with E-state index in [-0.39, 0.29) is 0 Å². The first-order valence-corrected chi connectivity index (χ1v) is 5.81. The van der Waals surface area contributed by atoms with Gasteiger partial charge < -0.3 is 4.90 Å². The Labute approximate surface area is 107 Å². The maximum absolute atomic E-state index is 9.09. The summed E-state index contributed by atoms with van der Waals surface area (Å²) in [5.74, 6) is 0.605. The van der Waals surface area contributed by atoms with Crippen LogP contribution in [0.3, 0.4) is 0 Å². The van der Waals surface area contributed by atoms with Gasteiger partial charge in [-0.25, -0.2) is 9.97 Å². The average molecular weight is 238 g/mol. The third-order valence-corrected chi connectivity index (χ3v) is 2.67. The fourth-order valence-corrected chi connectivity index (χ4v) is 1.86. The molecule has 0 saturated heterocycles. The second-order valence-corrected chi connectivity index (χ2v) is 3.92. The van der Waals surface area contributed by atoms with Gasteiger partial charge in [0.2, 0.25) is 0 Å². The summed E-state index contributed by atoms with van der Waals surface area (Å²) in [5, 5.41) is 9.09. The highest BCUT2D eigenvalue weighted by Crippen LogP contribution is 2.25. The molecule has 0 amide bonds. The molecule has 0 bridgehead atoms. The first kappa shape index (κ1) is 12.1. The van der Waals surface area contributed by atoms with E-state index in [1.54, 1.807) is 6.20 Å². The van der Waals surface area contributed by atoms with Crippen LogP contribution in [0.25, 0.3) is 0 Å². The number of hydrogen-bond acceptors (Lipinski definition) is 4. The predicted octanol–water partition coefficient (Wildman–Crippen LogP) is 2.81. The molecule has 1 aromatic carbocycles. The van der Waals surface area contributed by atoms with E-state index in [2.05, 4.69) is 22.1 Å². The fourth-order valence-electron chi connectivity index (χ4n) is 1.86. The minimum absolute atomic E-state index is 0.348.